The number of hydrogen-bond acceptors (Lipinski definition) is 5. The minimum Gasteiger partial charge on any atom is -0.348 e. The van der Waals surface area contributed by atoms with Gasteiger partial charge in [0, 0.05) is 6.04 Å². The molecule has 1 saturated heterocycles. The molecule has 0 unspecified atom stereocenters. The van der Waals surface area contributed by atoms with Gasteiger partial charge in [0.1, 0.15) is 11.5 Å². The monoisotopic (exact) mass is 494 g/mol. The zero-order valence-electron chi connectivity index (χ0n) is 17.3. The second-order valence-electron chi connectivity index (χ2n) is 8.35. The molecular formula is C21H20F6N2O3S. The molecule has 1 aromatic heterocycles. The van der Waals surface area contributed by atoms with E-state index in [1.807, 2.05) is 0 Å². The average Bonchev–Trinajstić information content (AvgIpc) is 3.32. The van der Waals surface area contributed by atoms with Crippen LogP contribution in [0.3, 0.4) is 0 Å². The van der Waals surface area contributed by atoms with Gasteiger partial charge in [-0.25, -0.2) is 4.98 Å². The standard InChI is InChI=1S/C21H20F6N2O3S/c1-12-2-6-16(7-3-12)33(30,31)32-11-17-13-4-5-15(8-13)29(17)19-10-14(20(22,23)24)9-18(28-19)21(25,26)27/h2-3,6-7,9-10,13,15,17H,4-5,8,11H2,1H3/t13-,15+,17+/m0/s1. The van der Waals surface area contributed by atoms with Crippen molar-refractivity contribution in [2.75, 3.05) is 11.5 Å². The van der Waals surface area contributed by atoms with Crippen molar-refractivity contribution in [3.8, 4) is 0 Å². The number of piperidine rings is 1. The molecule has 0 amide bonds. The zero-order valence-corrected chi connectivity index (χ0v) is 18.1. The summed E-state index contributed by atoms with van der Waals surface area (Å²) in [5.74, 6) is -0.611. The summed E-state index contributed by atoms with van der Waals surface area (Å²) < 4.78 is 110. The second kappa shape index (κ2) is 8.15. The lowest BCUT2D eigenvalue weighted by Crippen LogP contribution is -2.45. The molecule has 1 aliphatic heterocycles. The summed E-state index contributed by atoms with van der Waals surface area (Å²) in [5.41, 5.74) is -2.28. The SMILES string of the molecule is Cc1ccc(S(=O)(=O)OC[C@@H]2[C@H]3CC[C@H](C3)N2c2cc(C(F)(F)F)cc(C(F)(F)F)n2)cc1. The van der Waals surface area contributed by atoms with Gasteiger partial charge in [-0.3, -0.25) is 4.18 Å². The van der Waals surface area contributed by atoms with E-state index < -0.39 is 52.2 Å². The number of benzene rings is 1. The number of anilines is 1. The second-order valence-corrected chi connectivity index (χ2v) is 9.96. The molecule has 0 radical (unpaired) electrons. The number of rotatable bonds is 5. The smallest absolute Gasteiger partial charge is 0.348 e. The number of pyridine rings is 1. The Morgan fingerprint density at radius 3 is 2.30 bits per heavy atom. The molecule has 12 heteroatoms. The Morgan fingerprint density at radius 1 is 1.03 bits per heavy atom. The molecular weight excluding hydrogens is 474 g/mol. The summed E-state index contributed by atoms with van der Waals surface area (Å²) in [5, 5.41) is 0. The van der Waals surface area contributed by atoms with Crippen LogP contribution in [-0.4, -0.2) is 32.1 Å². The van der Waals surface area contributed by atoms with E-state index in [2.05, 4.69) is 4.98 Å². The van der Waals surface area contributed by atoms with Gasteiger partial charge in [-0.2, -0.15) is 34.8 Å². The largest absolute Gasteiger partial charge is 0.433 e. The van der Waals surface area contributed by atoms with Crippen molar-refractivity contribution in [1.29, 1.82) is 0 Å². The molecule has 3 atom stereocenters. The highest BCUT2D eigenvalue weighted by Gasteiger charge is 2.48. The van der Waals surface area contributed by atoms with E-state index in [0.717, 1.165) is 5.56 Å². The predicted molar refractivity (Wildman–Crippen MR) is 106 cm³/mol. The molecule has 33 heavy (non-hydrogen) atoms. The Balaban J connectivity index is 1.65. The van der Waals surface area contributed by atoms with Gasteiger partial charge in [-0.05, 0) is 56.4 Å². The average molecular weight is 494 g/mol. The van der Waals surface area contributed by atoms with Gasteiger partial charge in [0.05, 0.1) is 23.1 Å². The van der Waals surface area contributed by atoms with Crippen LogP contribution in [-0.2, 0) is 26.7 Å². The third-order valence-electron chi connectivity index (χ3n) is 6.14. The topological polar surface area (TPSA) is 59.5 Å². The van der Waals surface area contributed by atoms with E-state index in [1.165, 1.54) is 17.0 Å². The van der Waals surface area contributed by atoms with E-state index in [0.29, 0.717) is 25.3 Å². The normalized spacial score (nSPS) is 23.4. The van der Waals surface area contributed by atoms with Crippen LogP contribution in [0.5, 0.6) is 0 Å². The van der Waals surface area contributed by atoms with Crippen LogP contribution in [0, 0.1) is 12.8 Å². The lowest BCUT2D eigenvalue weighted by atomic mass is 9.99. The van der Waals surface area contributed by atoms with Crippen LogP contribution in [0.25, 0.3) is 0 Å². The van der Waals surface area contributed by atoms with E-state index in [1.54, 1.807) is 19.1 Å². The third-order valence-corrected chi connectivity index (χ3v) is 7.43. The van der Waals surface area contributed by atoms with Crippen LogP contribution in [0.4, 0.5) is 32.2 Å². The Morgan fingerprint density at radius 2 is 1.70 bits per heavy atom. The summed E-state index contributed by atoms with van der Waals surface area (Å²) in [7, 11) is -4.16. The fourth-order valence-corrected chi connectivity index (χ4v) is 5.48. The van der Waals surface area contributed by atoms with Crippen molar-refractivity contribution in [1.82, 2.24) is 4.98 Å². The fourth-order valence-electron chi connectivity index (χ4n) is 4.55. The minimum atomic E-state index is -5.07. The highest BCUT2D eigenvalue weighted by molar-refractivity contribution is 7.86. The number of aryl methyl sites for hydroxylation is 1. The van der Waals surface area contributed by atoms with Crippen molar-refractivity contribution in [2.24, 2.45) is 5.92 Å². The van der Waals surface area contributed by atoms with Gasteiger partial charge in [-0.15, -0.1) is 0 Å². The van der Waals surface area contributed by atoms with Crippen LogP contribution in [0.1, 0.15) is 36.1 Å². The first kappa shape index (κ1) is 23.8. The van der Waals surface area contributed by atoms with Crippen molar-refractivity contribution in [3.05, 3.63) is 53.2 Å². The molecule has 1 saturated carbocycles. The molecule has 2 heterocycles. The molecule has 180 valence electrons. The summed E-state index contributed by atoms with van der Waals surface area (Å²) in [6.45, 7) is 1.37. The first-order valence-electron chi connectivity index (χ1n) is 10.2. The van der Waals surface area contributed by atoms with Crippen LogP contribution in [0.2, 0.25) is 0 Å². The molecule has 2 fully saturated rings. The number of fused-ring (bicyclic) bond motifs is 2. The van der Waals surface area contributed by atoms with E-state index in [9.17, 15) is 34.8 Å². The molecule has 5 nitrogen and oxygen atoms in total. The van der Waals surface area contributed by atoms with E-state index >= 15 is 0 Å². The van der Waals surface area contributed by atoms with E-state index in [-0.39, 0.29) is 22.9 Å². The number of alkyl halides is 6. The lowest BCUT2D eigenvalue weighted by Gasteiger charge is -2.36. The summed E-state index contributed by atoms with van der Waals surface area (Å²) in [6, 6.07) is 5.41. The maximum Gasteiger partial charge on any atom is 0.433 e. The fraction of sp³-hybridized carbons (Fsp3) is 0.476. The summed E-state index contributed by atoms with van der Waals surface area (Å²) in [6.07, 6.45) is -8.33. The minimum absolute atomic E-state index is 0.0226. The van der Waals surface area contributed by atoms with Gasteiger partial charge in [0.25, 0.3) is 10.1 Å². The summed E-state index contributed by atoms with van der Waals surface area (Å²) in [4.78, 5) is 4.76. The molecule has 4 rings (SSSR count). The first-order valence-corrected chi connectivity index (χ1v) is 11.6. The predicted octanol–water partition coefficient (Wildman–Crippen LogP) is 5.19. The Hall–Kier alpha value is -2.34. The lowest BCUT2D eigenvalue weighted by molar-refractivity contribution is -0.145. The maximum atomic E-state index is 13.3. The molecule has 1 aromatic carbocycles. The number of aromatic nitrogens is 1. The van der Waals surface area contributed by atoms with Gasteiger partial charge < -0.3 is 4.90 Å². The highest BCUT2D eigenvalue weighted by atomic mass is 32.2. The van der Waals surface area contributed by atoms with Gasteiger partial charge in [0.2, 0.25) is 0 Å². The molecule has 0 spiro atoms. The molecule has 1 aliphatic carbocycles. The molecule has 0 N–H and O–H groups in total. The number of hydrogen-bond donors (Lipinski definition) is 0. The van der Waals surface area contributed by atoms with E-state index in [4.69, 9.17) is 4.18 Å². The Bertz CT molecular complexity index is 1100. The van der Waals surface area contributed by atoms with Gasteiger partial charge in [-0.1, -0.05) is 17.7 Å². The van der Waals surface area contributed by atoms with Gasteiger partial charge in [0.15, 0.2) is 0 Å². The Labute approximate surface area is 186 Å². The molecule has 2 aliphatic rings. The van der Waals surface area contributed by atoms with Crippen LogP contribution < -0.4 is 4.90 Å². The first-order chi connectivity index (χ1) is 15.3. The summed E-state index contributed by atoms with van der Waals surface area (Å²) >= 11 is 0. The highest BCUT2D eigenvalue weighted by Crippen LogP contribution is 2.46. The van der Waals surface area contributed by atoms with Gasteiger partial charge >= 0.3 is 12.4 Å². The number of nitrogens with zero attached hydrogens (tertiary/aromatic N) is 2. The van der Waals surface area contributed by atoms with Crippen molar-refractivity contribution in [3.63, 3.8) is 0 Å². The Kier molecular flexibility index (Phi) is 5.88. The molecule has 2 aromatic rings. The number of halogens is 6. The van der Waals surface area contributed by atoms with Crippen LogP contribution in [0.15, 0.2) is 41.3 Å². The third kappa shape index (κ3) is 4.81. The quantitative estimate of drug-likeness (QED) is 0.423. The van der Waals surface area contributed by atoms with Crippen molar-refractivity contribution < 1.29 is 38.9 Å². The van der Waals surface area contributed by atoms with Crippen LogP contribution >= 0.6 is 0 Å². The maximum absolute atomic E-state index is 13.3. The van der Waals surface area contributed by atoms with Crippen molar-refractivity contribution >= 4 is 15.9 Å². The van der Waals surface area contributed by atoms with Crippen molar-refractivity contribution in [2.45, 2.75) is 55.5 Å². The zero-order chi connectivity index (χ0) is 24.2. The molecule has 2 bridgehead atoms.